The van der Waals surface area contributed by atoms with Crippen molar-refractivity contribution in [3.63, 3.8) is 0 Å². The summed E-state index contributed by atoms with van der Waals surface area (Å²) in [6, 6.07) is 4.41. The Hall–Kier alpha value is -2.22. The maximum atomic E-state index is 12.2. The highest BCUT2D eigenvalue weighted by Crippen LogP contribution is 2.23. The molecular formula is C15H18N6OS. The molecule has 0 atom stereocenters. The molecule has 2 N–H and O–H groups in total. The van der Waals surface area contributed by atoms with Crippen molar-refractivity contribution in [1.82, 2.24) is 25.2 Å². The molecule has 0 amide bonds. The molecule has 3 aromatic rings. The maximum Gasteiger partial charge on any atom is 0.292 e. The average Bonchev–Trinajstić information content (AvgIpc) is 3.22. The summed E-state index contributed by atoms with van der Waals surface area (Å²) in [5.41, 5.74) is 0.776. The number of hydrogen-bond donors (Lipinski definition) is 2. The van der Waals surface area contributed by atoms with Crippen LogP contribution in [0.4, 0.5) is 5.82 Å². The van der Waals surface area contributed by atoms with Gasteiger partial charge in [0.25, 0.3) is 5.56 Å². The molecule has 7 nitrogen and oxygen atoms in total. The lowest BCUT2D eigenvalue weighted by molar-refractivity contribution is 0.461. The van der Waals surface area contributed by atoms with Gasteiger partial charge in [-0.25, -0.2) is 9.78 Å². The molecule has 0 radical (unpaired) electrons. The summed E-state index contributed by atoms with van der Waals surface area (Å²) in [6.07, 6.45) is 6.02. The van der Waals surface area contributed by atoms with Crippen LogP contribution in [0.3, 0.4) is 0 Å². The summed E-state index contributed by atoms with van der Waals surface area (Å²) < 4.78 is 1.65. The number of aromatic nitrogens is 5. The Labute approximate surface area is 136 Å². The van der Waals surface area contributed by atoms with E-state index in [2.05, 4.69) is 25.8 Å². The molecule has 1 aliphatic rings. The van der Waals surface area contributed by atoms with Gasteiger partial charge in [-0.05, 0) is 24.3 Å². The van der Waals surface area contributed by atoms with E-state index in [0.29, 0.717) is 29.4 Å². The van der Waals surface area contributed by atoms with Crippen molar-refractivity contribution in [2.45, 2.75) is 44.7 Å². The van der Waals surface area contributed by atoms with Gasteiger partial charge in [0.15, 0.2) is 16.9 Å². The van der Waals surface area contributed by atoms with Gasteiger partial charge in [-0.15, -0.1) is 16.4 Å². The molecule has 8 heteroatoms. The summed E-state index contributed by atoms with van der Waals surface area (Å²) in [6.45, 7) is 0.546. The van der Waals surface area contributed by atoms with Gasteiger partial charge in [0, 0.05) is 10.9 Å². The van der Waals surface area contributed by atoms with E-state index in [1.54, 1.807) is 16.0 Å². The Morgan fingerprint density at radius 1 is 1.35 bits per heavy atom. The molecule has 0 aromatic carbocycles. The zero-order valence-corrected chi connectivity index (χ0v) is 13.5. The summed E-state index contributed by atoms with van der Waals surface area (Å²) in [7, 11) is 0. The number of H-pyrrole nitrogens is 1. The van der Waals surface area contributed by atoms with E-state index < -0.39 is 0 Å². The second-order valence-electron chi connectivity index (χ2n) is 5.90. The number of hydrogen-bond acceptors (Lipinski definition) is 6. The standard InChI is InChI=1S/C15H18N6OS/c22-15-13-12(17-20-21(13)9-11-7-4-8-23-11)14(18-19-15)16-10-5-2-1-3-6-10/h4,7-8,10H,1-3,5-6,9H2,(H,16,18)(H,19,22). The van der Waals surface area contributed by atoms with E-state index in [4.69, 9.17) is 0 Å². The molecule has 0 bridgehead atoms. The molecule has 0 spiro atoms. The number of rotatable bonds is 4. The van der Waals surface area contributed by atoms with Gasteiger partial charge >= 0.3 is 0 Å². The minimum atomic E-state index is -0.254. The van der Waals surface area contributed by atoms with Gasteiger partial charge in [-0.1, -0.05) is 30.5 Å². The second kappa shape index (κ2) is 6.11. The van der Waals surface area contributed by atoms with E-state index in [1.807, 2.05) is 17.5 Å². The summed E-state index contributed by atoms with van der Waals surface area (Å²) >= 11 is 1.64. The smallest absolute Gasteiger partial charge is 0.292 e. The lowest BCUT2D eigenvalue weighted by Gasteiger charge is -2.22. The first-order chi connectivity index (χ1) is 11.3. The van der Waals surface area contributed by atoms with E-state index in [1.165, 1.54) is 19.3 Å². The van der Waals surface area contributed by atoms with Crippen molar-refractivity contribution in [3.05, 3.63) is 32.7 Å². The molecule has 120 valence electrons. The quantitative estimate of drug-likeness (QED) is 0.767. The molecule has 1 fully saturated rings. The molecule has 1 aliphatic carbocycles. The van der Waals surface area contributed by atoms with Crippen molar-refractivity contribution in [1.29, 1.82) is 0 Å². The normalized spacial score (nSPS) is 16.0. The summed E-state index contributed by atoms with van der Waals surface area (Å²) in [5.74, 6) is 0.629. The maximum absolute atomic E-state index is 12.2. The van der Waals surface area contributed by atoms with Gasteiger partial charge in [0.2, 0.25) is 0 Å². The van der Waals surface area contributed by atoms with Gasteiger partial charge in [0.05, 0.1) is 6.54 Å². The third-order valence-corrected chi connectivity index (χ3v) is 5.14. The van der Waals surface area contributed by atoms with Crippen molar-refractivity contribution in [2.75, 3.05) is 5.32 Å². The molecule has 3 aromatic heterocycles. The highest BCUT2D eigenvalue weighted by Gasteiger charge is 2.19. The Kier molecular flexibility index (Phi) is 3.82. The predicted octanol–water partition coefficient (Wildman–Crippen LogP) is 2.37. The predicted molar refractivity (Wildman–Crippen MR) is 89.9 cm³/mol. The fourth-order valence-corrected chi connectivity index (χ4v) is 3.80. The first-order valence-electron chi connectivity index (χ1n) is 7.92. The van der Waals surface area contributed by atoms with Gasteiger partial charge in [0.1, 0.15) is 0 Å². The van der Waals surface area contributed by atoms with Crippen LogP contribution in [0.1, 0.15) is 37.0 Å². The highest BCUT2D eigenvalue weighted by atomic mass is 32.1. The van der Waals surface area contributed by atoms with E-state index in [0.717, 1.165) is 17.7 Å². The first-order valence-corrected chi connectivity index (χ1v) is 8.80. The number of anilines is 1. The lowest BCUT2D eigenvalue weighted by atomic mass is 9.95. The van der Waals surface area contributed by atoms with Gasteiger partial charge in [-0.3, -0.25) is 4.79 Å². The molecule has 23 heavy (non-hydrogen) atoms. The number of nitrogens with one attached hydrogen (secondary N) is 2. The van der Waals surface area contributed by atoms with Crippen LogP contribution >= 0.6 is 11.3 Å². The van der Waals surface area contributed by atoms with Crippen LogP contribution in [0.2, 0.25) is 0 Å². The van der Waals surface area contributed by atoms with Crippen molar-refractivity contribution < 1.29 is 0 Å². The van der Waals surface area contributed by atoms with E-state index in [-0.39, 0.29) is 5.56 Å². The molecule has 0 aliphatic heterocycles. The fraction of sp³-hybridized carbons (Fsp3) is 0.467. The average molecular weight is 330 g/mol. The first kappa shape index (κ1) is 14.4. The monoisotopic (exact) mass is 330 g/mol. The molecule has 0 unspecified atom stereocenters. The largest absolute Gasteiger partial charge is 0.364 e. The SMILES string of the molecule is O=c1[nH]nc(NC2CCCCC2)c2nnn(Cc3cccs3)c12. The third-order valence-electron chi connectivity index (χ3n) is 4.28. The minimum Gasteiger partial charge on any atom is -0.364 e. The Morgan fingerprint density at radius 3 is 3.00 bits per heavy atom. The van der Waals surface area contributed by atoms with Gasteiger partial charge in [-0.2, -0.15) is 5.10 Å². The Morgan fingerprint density at radius 2 is 2.22 bits per heavy atom. The highest BCUT2D eigenvalue weighted by molar-refractivity contribution is 7.09. The third kappa shape index (κ3) is 2.86. The van der Waals surface area contributed by atoms with Crippen LogP contribution in [0.25, 0.3) is 11.0 Å². The Balaban J connectivity index is 1.68. The van der Waals surface area contributed by atoms with Crippen LogP contribution < -0.4 is 10.9 Å². The molecule has 1 saturated carbocycles. The molecular weight excluding hydrogens is 312 g/mol. The van der Waals surface area contributed by atoms with Crippen LogP contribution in [0, 0.1) is 0 Å². The number of aromatic amines is 1. The molecule has 3 heterocycles. The van der Waals surface area contributed by atoms with Crippen LogP contribution in [0.5, 0.6) is 0 Å². The van der Waals surface area contributed by atoms with Crippen LogP contribution in [0.15, 0.2) is 22.3 Å². The summed E-state index contributed by atoms with van der Waals surface area (Å²) in [5, 5.41) is 20.5. The van der Waals surface area contributed by atoms with Crippen LogP contribution in [-0.4, -0.2) is 31.2 Å². The van der Waals surface area contributed by atoms with Crippen molar-refractivity contribution in [2.24, 2.45) is 0 Å². The second-order valence-corrected chi connectivity index (χ2v) is 6.94. The molecule has 4 rings (SSSR count). The van der Waals surface area contributed by atoms with Gasteiger partial charge < -0.3 is 5.32 Å². The molecule has 0 saturated heterocycles. The van der Waals surface area contributed by atoms with Crippen molar-refractivity contribution >= 4 is 28.2 Å². The Bertz CT molecular complexity index is 847. The zero-order chi connectivity index (χ0) is 15.6. The number of nitrogens with zero attached hydrogens (tertiary/aromatic N) is 4. The number of fused-ring (bicyclic) bond motifs is 1. The minimum absolute atomic E-state index is 0.254. The lowest BCUT2D eigenvalue weighted by Crippen LogP contribution is -2.24. The topological polar surface area (TPSA) is 88.5 Å². The van der Waals surface area contributed by atoms with Crippen molar-refractivity contribution in [3.8, 4) is 0 Å². The number of thiophene rings is 1. The van der Waals surface area contributed by atoms with E-state index >= 15 is 0 Å². The van der Waals surface area contributed by atoms with Crippen LogP contribution in [-0.2, 0) is 6.54 Å². The summed E-state index contributed by atoms with van der Waals surface area (Å²) in [4.78, 5) is 13.3. The van der Waals surface area contributed by atoms with E-state index in [9.17, 15) is 4.79 Å². The zero-order valence-electron chi connectivity index (χ0n) is 12.7. The fourth-order valence-electron chi connectivity index (χ4n) is 3.11.